The number of azide groups is 1. The molecule has 1 aliphatic rings. The number of para-hydroxylation sites is 1. The maximum atomic E-state index is 13.8. The van der Waals surface area contributed by atoms with Crippen LogP contribution in [0.3, 0.4) is 0 Å². The summed E-state index contributed by atoms with van der Waals surface area (Å²) in [6, 6.07) is 6.41. The third kappa shape index (κ3) is 7.09. The Hall–Kier alpha value is -3.41. The molecule has 15 heteroatoms. The van der Waals surface area contributed by atoms with Gasteiger partial charge in [-0.05, 0) is 30.5 Å². The average molecular weight is 536 g/mol. The van der Waals surface area contributed by atoms with Gasteiger partial charge in [0.2, 0.25) is 0 Å². The number of ether oxygens (including phenoxy) is 2. The number of carbonyl (C=O) groups excluding carboxylic acids is 1. The van der Waals surface area contributed by atoms with E-state index in [4.69, 9.17) is 24.1 Å². The molecule has 5 unspecified atom stereocenters. The highest BCUT2D eigenvalue weighted by Crippen LogP contribution is 2.46. The van der Waals surface area contributed by atoms with Crippen LogP contribution in [0.4, 0.5) is 0 Å². The summed E-state index contributed by atoms with van der Waals surface area (Å²) in [4.78, 5) is 41.4. The second kappa shape index (κ2) is 12.2. The summed E-state index contributed by atoms with van der Waals surface area (Å²) in [6.45, 7) is 4.62. The molecular weight excluding hydrogens is 507 g/mol. The van der Waals surface area contributed by atoms with E-state index in [1.807, 2.05) is 0 Å². The number of aryl methyl sites for hydroxylation is 1. The number of hydrogen-bond acceptors (Lipinski definition) is 9. The van der Waals surface area contributed by atoms with E-state index in [2.05, 4.69) is 20.1 Å². The van der Waals surface area contributed by atoms with Crippen molar-refractivity contribution >= 4 is 13.7 Å². The number of nitrogens with one attached hydrogen (secondary N) is 2. The largest absolute Gasteiger partial charge is 0.468 e. The van der Waals surface area contributed by atoms with Crippen molar-refractivity contribution in [3.05, 3.63) is 73.4 Å². The van der Waals surface area contributed by atoms with Gasteiger partial charge in [-0.25, -0.2) is 9.36 Å². The first-order chi connectivity index (χ1) is 17.6. The normalized spacial score (nSPS) is 21.6. The summed E-state index contributed by atoms with van der Waals surface area (Å²) in [5.41, 5.74) is 8.10. The molecule has 0 aliphatic carbocycles. The molecular formula is C22H29N6O8P. The third-order valence-electron chi connectivity index (χ3n) is 5.66. The van der Waals surface area contributed by atoms with E-state index in [0.717, 1.165) is 0 Å². The topological polar surface area (TPSA) is 187 Å². The van der Waals surface area contributed by atoms with Gasteiger partial charge in [0.15, 0.2) is 0 Å². The zero-order valence-electron chi connectivity index (χ0n) is 20.8. The Labute approximate surface area is 212 Å². The predicted octanol–water partition coefficient (Wildman–Crippen LogP) is 2.80. The molecule has 3 rings (SSSR count). The Morgan fingerprint density at radius 2 is 2.05 bits per heavy atom. The number of aromatic nitrogens is 2. The van der Waals surface area contributed by atoms with Gasteiger partial charge in [-0.2, -0.15) is 5.09 Å². The second-order valence-electron chi connectivity index (χ2n) is 8.69. The van der Waals surface area contributed by atoms with Gasteiger partial charge < -0.3 is 14.0 Å². The van der Waals surface area contributed by atoms with Gasteiger partial charge in [0.1, 0.15) is 18.0 Å². The van der Waals surface area contributed by atoms with Crippen LogP contribution in [0, 0.1) is 12.8 Å². The van der Waals surface area contributed by atoms with Crippen LogP contribution in [0.25, 0.3) is 10.4 Å². The number of benzene rings is 1. The lowest BCUT2D eigenvalue weighted by Gasteiger charge is -2.27. The monoisotopic (exact) mass is 536 g/mol. The molecule has 37 heavy (non-hydrogen) atoms. The summed E-state index contributed by atoms with van der Waals surface area (Å²) in [6.07, 6.45) is -0.368. The first-order valence-corrected chi connectivity index (χ1v) is 13.0. The zero-order chi connectivity index (χ0) is 27.2. The van der Waals surface area contributed by atoms with Crippen LogP contribution in [-0.2, 0) is 23.4 Å². The van der Waals surface area contributed by atoms with Crippen molar-refractivity contribution in [2.45, 2.75) is 51.6 Å². The number of carbonyl (C=O) groups is 1. The van der Waals surface area contributed by atoms with Gasteiger partial charge in [-0.3, -0.25) is 23.7 Å². The fourth-order valence-corrected chi connectivity index (χ4v) is 5.34. The summed E-state index contributed by atoms with van der Waals surface area (Å²) in [5, 5.41) is 6.38. The van der Waals surface area contributed by atoms with E-state index in [9.17, 15) is 18.9 Å². The maximum Gasteiger partial charge on any atom is 0.459 e. The van der Waals surface area contributed by atoms with E-state index in [0.29, 0.717) is 0 Å². The van der Waals surface area contributed by atoms with Crippen LogP contribution in [0.2, 0.25) is 0 Å². The van der Waals surface area contributed by atoms with Crippen molar-refractivity contribution in [2.75, 3.05) is 13.7 Å². The highest BCUT2D eigenvalue weighted by Gasteiger charge is 2.41. The Morgan fingerprint density at radius 3 is 2.68 bits per heavy atom. The summed E-state index contributed by atoms with van der Waals surface area (Å²) in [7, 11) is -3.00. The lowest BCUT2D eigenvalue weighted by Crippen LogP contribution is -2.41. The molecule has 0 saturated carbocycles. The fourth-order valence-electron chi connectivity index (χ4n) is 3.68. The minimum absolute atomic E-state index is 0.0948. The Kier molecular flexibility index (Phi) is 9.30. The number of hydrogen-bond donors (Lipinski definition) is 2. The van der Waals surface area contributed by atoms with E-state index in [-0.39, 0.29) is 30.3 Å². The van der Waals surface area contributed by atoms with E-state index in [1.165, 1.54) is 24.8 Å². The average Bonchev–Trinajstić information content (AvgIpc) is 3.26. The molecule has 2 N–H and O–H groups in total. The zero-order valence-corrected chi connectivity index (χ0v) is 21.7. The standard InChI is InChI=1S/C22H29N6O8P/c1-13(2)19(21(30)33-4)26-37(32,36-15-8-6-5-7-9-15)34-12-17-16(25-27-23)10-18(35-17)28-11-14(3)20(29)24-22(28)31/h5-9,11,13,16-19H,10,12H2,1-4H3,(H,26,32)(H,24,29,31). The van der Waals surface area contributed by atoms with Crippen LogP contribution in [-0.4, -0.2) is 47.4 Å². The van der Waals surface area contributed by atoms with Gasteiger partial charge in [0.25, 0.3) is 5.56 Å². The number of H-pyrrole nitrogens is 1. The molecule has 0 spiro atoms. The third-order valence-corrected chi connectivity index (χ3v) is 7.19. The highest BCUT2D eigenvalue weighted by molar-refractivity contribution is 7.52. The molecule has 2 heterocycles. The Morgan fingerprint density at radius 1 is 1.35 bits per heavy atom. The smallest absolute Gasteiger partial charge is 0.459 e. The van der Waals surface area contributed by atoms with Gasteiger partial charge in [0, 0.05) is 23.1 Å². The Balaban J connectivity index is 1.85. The SMILES string of the molecule is COC(=O)C(NP(=O)(OCC1OC(n2cc(C)c(=O)[nH]c2=O)CC1N=[N+]=[N-])Oc1ccccc1)C(C)C. The summed E-state index contributed by atoms with van der Waals surface area (Å²) >= 11 is 0. The molecule has 1 aliphatic heterocycles. The van der Waals surface area contributed by atoms with Crippen molar-refractivity contribution in [1.29, 1.82) is 0 Å². The predicted molar refractivity (Wildman–Crippen MR) is 132 cm³/mol. The molecule has 1 aromatic heterocycles. The highest BCUT2D eigenvalue weighted by atomic mass is 31.2. The molecule has 0 radical (unpaired) electrons. The van der Waals surface area contributed by atoms with Crippen LogP contribution >= 0.6 is 7.75 Å². The number of nitrogens with zero attached hydrogens (tertiary/aromatic N) is 4. The molecule has 1 aromatic carbocycles. The van der Waals surface area contributed by atoms with Crippen LogP contribution < -0.4 is 20.9 Å². The maximum absolute atomic E-state index is 13.8. The van der Waals surface area contributed by atoms with Gasteiger partial charge in [-0.15, -0.1) is 0 Å². The van der Waals surface area contributed by atoms with E-state index in [1.54, 1.807) is 44.2 Å². The lowest BCUT2D eigenvalue weighted by molar-refractivity contribution is -0.143. The number of aromatic amines is 1. The lowest BCUT2D eigenvalue weighted by atomic mass is 10.1. The van der Waals surface area contributed by atoms with Crippen LogP contribution in [0.15, 0.2) is 51.2 Å². The first-order valence-electron chi connectivity index (χ1n) is 11.4. The molecule has 5 atom stereocenters. The molecule has 1 saturated heterocycles. The second-order valence-corrected chi connectivity index (χ2v) is 10.4. The van der Waals surface area contributed by atoms with Crippen LogP contribution in [0.1, 0.15) is 32.1 Å². The molecule has 0 bridgehead atoms. The Bertz CT molecular complexity index is 1310. The molecule has 1 fully saturated rings. The first kappa shape index (κ1) is 28.2. The van der Waals surface area contributed by atoms with E-state index < -0.39 is 49.4 Å². The van der Waals surface area contributed by atoms with Crippen molar-refractivity contribution in [3.63, 3.8) is 0 Å². The van der Waals surface area contributed by atoms with Gasteiger partial charge in [0.05, 0.1) is 25.9 Å². The molecule has 0 amide bonds. The van der Waals surface area contributed by atoms with E-state index >= 15 is 0 Å². The summed E-state index contributed by atoms with van der Waals surface area (Å²) < 4.78 is 37.1. The quantitative estimate of drug-likeness (QED) is 0.143. The number of esters is 1. The molecule has 200 valence electrons. The minimum atomic E-state index is -4.21. The fraction of sp³-hybridized carbons (Fsp3) is 0.500. The van der Waals surface area contributed by atoms with Crippen molar-refractivity contribution in [2.24, 2.45) is 11.0 Å². The number of methoxy groups -OCH3 is 1. The van der Waals surface area contributed by atoms with Crippen molar-refractivity contribution < 1.29 is 27.9 Å². The van der Waals surface area contributed by atoms with Gasteiger partial charge >= 0.3 is 19.4 Å². The molecule has 14 nitrogen and oxygen atoms in total. The minimum Gasteiger partial charge on any atom is -0.468 e. The molecule has 2 aromatic rings. The summed E-state index contributed by atoms with van der Waals surface area (Å²) in [5.74, 6) is -0.771. The number of rotatable bonds is 11. The van der Waals surface area contributed by atoms with Crippen molar-refractivity contribution in [3.8, 4) is 5.75 Å². The van der Waals surface area contributed by atoms with Crippen molar-refractivity contribution in [1.82, 2.24) is 14.6 Å². The van der Waals surface area contributed by atoms with Gasteiger partial charge in [-0.1, -0.05) is 37.2 Å². The van der Waals surface area contributed by atoms with Crippen LogP contribution in [0.5, 0.6) is 5.75 Å².